The number of carboxylic acids is 1. The molecule has 1 saturated heterocycles. The topological polar surface area (TPSA) is 40.5 Å². The number of hydrogen-bond acceptors (Lipinski definition) is 2. The van der Waals surface area contributed by atoms with E-state index in [1.54, 1.807) is 23.1 Å². The largest absolute Gasteiger partial charge is 0.478 e. The Bertz CT molecular complexity index is 1500. The first-order chi connectivity index (χ1) is 19.8. The van der Waals surface area contributed by atoms with Crippen molar-refractivity contribution in [1.29, 1.82) is 0 Å². The first-order valence-corrected chi connectivity index (χ1v) is 14.0. The fourth-order valence-electron chi connectivity index (χ4n) is 6.20. The van der Waals surface area contributed by atoms with Crippen LogP contribution in [0.3, 0.4) is 0 Å². The number of halogens is 6. The molecule has 0 aromatic heterocycles. The van der Waals surface area contributed by atoms with Crippen molar-refractivity contribution >= 4 is 17.1 Å². The minimum atomic E-state index is -4.49. The Balaban J connectivity index is 1.50. The number of hydrogen-bond donors (Lipinski definition) is 1. The van der Waals surface area contributed by atoms with Gasteiger partial charge in [-0.2, -0.15) is 26.3 Å². The van der Waals surface area contributed by atoms with E-state index in [2.05, 4.69) is 0 Å². The zero-order valence-electron chi connectivity index (χ0n) is 23.1. The fourth-order valence-corrected chi connectivity index (χ4v) is 6.20. The van der Waals surface area contributed by atoms with Crippen LogP contribution in [0.2, 0.25) is 0 Å². The summed E-state index contributed by atoms with van der Waals surface area (Å²) < 4.78 is 79.0. The highest BCUT2D eigenvalue weighted by Crippen LogP contribution is 2.43. The highest BCUT2D eigenvalue weighted by Gasteiger charge is 2.34. The number of likely N-dealkylation sites (tertiary alicyclic amines) is 1. The summed E-state index contributed by atoms with van der Waals surface area (Å²) in [6, 6.07) is 17.0. The van der Waals surface area contributed by atoms with Gasteiger partial charge in [0.1, 0.15) is 0 Å². The maximum absolute atomic E-state index is 13.8. The summed E-state index contributed by atoms with van der Waals surface area (Å²) in [5, 5.41) is 9.55. The van der Waals surface area contributed by atoms with Gasteiger partial charge in [0, 0.05) is 19.6 Å². The third-order valence-electron chi connectivity index (χ3n) is 8.27. The van der Waals surface area contributed by atoms with Crippen molar-refractivity contribution < 1.29 is 36.2 Å². The van der Waals surface area contributed by atoms with Gasteiger partial charge in [-0.1, -0.05) is 42.5 Å². The molecular formula is C33H31F6NO2. The summed E-state index contributed by atoms with van der Waals surface area (Å²) in [6.07, 6.45) is -6.99. The number of aryl methyl sites for hydroxylation is 1. The number of allylic oxidation sites excluding steroid dienone is 1. The molecule has 222 valence electrons. The van der Waals surface area contributed by atoms with Crippen molar-refractivity contribution in [2.45, 2.75) is 51.4 Å². The summed E-state index contributed by atoms with van der Waals surface area (Å²) in [5.41, 5.74) is 5.21. The summed E-state index contributed by atoms with van der Waals surface area (Å²) in [4.78, 5) is 13.5. The van der Waals surface area contributed by atoms with Crippen LogP contribution < -0.4 is 0 Å². The predicted octanol–water partition coefficient (Wildman–Crippen LogP) is 8.43. The van der Waals surface area contributed by atoms with Gasteiger partial charge in [0.2, 0.25) is 0 Å². The number of carbonyl (C=O) groups is 1. The normalized spacial score (nSPS) is 16.6. The van der Waals surface area contributed by atoms with E-state index in [9.17, 15) is 36.2 Å². The average Bonchev–Trinajstić information content (AvgIpc) is 3.08. The van der Waals surface area contributed by atoms with E-state index >= 15 is 0 Å². The summed E-state index contributed by atoms with van der Waals surface area (Å²) in [6.45, 7) is 2.72. The van der Waals surface area contributed by atoms with Gasteiger partial charge in [0.25, 0.3) is 0 Å². The Hall–Kier alpha value is -3.59. The Morgan fingerprint density at radius 2 is 1.64 bits per heavy atom. The highest BCUT2D eigenvalue weighted by atomic mass is 19.4. The van der Waals surface area contributed by atoms with Crippen LogP contribution in [-0.2, 0) is 19.0 Å². The number of aromatic carboxylic acids is 1. The van der Waals surface area contributed by atoms with E-state index in [-0.39, 0.29) is 23.6 Å². The number of nitrogens with zero attached hydrogens (tertiary/aromatic N) is 1. The van der Waals surface area contributed by atoms with Gasteiger partial charge < -0.3 is 10.0 Å². The van der Waals surface area contributed by atoms with Crippen molar-refractivity contribution in [3.63, 3.8) is 0 Å². The van der Waals surface area contributed by atoms with Crippen LogP contribution in [0.1, 0.15) is 68.6 Å². The molecule has 0 unspecified atom stereocenters. The molecule has 1 aliphatic heterocycles. The molecule has 1 fully saturated rings. The molecule has 0 amide bonds. The van der Waals surface area contributed by atoms with Gasteiger partial charge >= 0.3 is 18.3 Å². The quantitative estimate of drug-likeness (QED) is 0.282. The molecule has 1 heterocycles. The summed E-state index contributed by atoms with van der Waals surface area (Å²) in [7, 11) is 0. The van der Waals surface area contributed by atoms with Crippen LogP contribution in [0.5, 0.6) is 0 Å². The summed E-state index contributed by atoms with van der Waals surface area (Å²) in [5.74, 6) is -0.779. The van der Waals surface area contributed by atoms with Gasteiger partial charge in [0.05, 0.1) is 17.5 Å². The number of benzene rings is 3. The SMILES string of the molecule is Cc1c(C2=C(c3ccc(CC4CN(CCC(F)(F)F)C4)cc3)c3ccc(C(=O)O)cc3CCC2)cccc1C(F)(F)F. The third kappa shape index (κ3) is 6.56. The predicted molar refractivity (Wildman–Crippen MR) is 149 cm³/mol. The molecule has 5 rings (SSSR count). The zero-order valence-corrected chi connectivity index (χ0v) is 23.1. The lowest BCUT2D eigenvalue weighted by Crippen LogP contribution is -2.48. The molecule has 1 N–H and O–H groups in total. The number of fused-ring (bicyclic) bond motifs is 1. The minimum Gasteiger partial charge on any atom is -0.478 e. The van der Waals surface area contributed by atoms with Crippen LogP contribution in [0, 0.1) is 12.8 Å². The van der Waals surface area contributed by atoms with Crippen LogP contribution >= 0.6 is 0 Å². The molecule has 42 heavy (non-hydrogen) atoms. The second-order valence-electron chi connectivity index (χ2n) is 11.3. The molecule has 0 bridgehead atoms. The summed E-state index contributed by atoms with van der Waals surface area (Å²) >= 11 is 0. The minimum absolute atomic E-state index is 0.00776. The van der Waals surface area contributed by atoms with Crippen molar-refractivity contribution in [2.75, 3.05) is 19.6 Å². The van der Waals surface area contributed by atoms with E-state index in [0.717, 1.165) is 45.9 Å². The van der Waals surface area contributed by atoms with Gasteiger partial charge in [-0.05, 0) is 101 Å². The van der Waals surface area contributed by atoms with Crippen LogP contribution in [0.4, 0.5) is 26.3 Å². The molecule has 9 heteroatoms. The average molecular weight is 588 g/mol. The molecule has 0 atom stereocenters. The van der Waals surface area contributed by atoms with Gasteiger partial charge in [-0.15, -0.1) is 0 Å². The van der Waals surface area contributed by atoms with Crippen molar-refractivity contribution in [3.8, 4) is 0 Å². The van der Waals surface area contributed by atoms with Gasteiger partial charge in [-0.25, -0.2) is 4.79 Å². The van der Waals surface area contributed by atoms with E-state index in [1.807, 2.05) is 24.3 Å². The second-order valence-corrected chi connectivity index (χ2v) is 11.3. The van der Waals surface area contributed by atoms with E-state index in [0.29, 0.717) is 37.9 Å². The lowest BCUT2D eigenvalue weighted by atomic mass is 9.84. The zero-order chi connectivity index (χ0) is 30.2. The Morgan fingerprint density at radius 1 is 0.929 bits per heavy atom. The molecule has 0 saturated carbocycles. The Morgan fingerprint density at radius 3 is 2.29 bits per heavy atom. The van der Waals surface area contributed by atoms with Crippen molar-refractivity contribution in [2.24, 2.45) is 5.92 Å². The van der Waals surface area contributed by atoms with E-state index in [4.69, 9.17) is 0 Å². The molecule has 0 spiro atoms. The second kappa shape index (κ2) is 11.6. The molecule has 3 aromatic carbocycles. The monoisotopic (exact) mass is 587 g/mol. The first kappa shape index (κ1) is 29.9. The van der Waals surface area contributed by atoms with Crippen molar-refractivity contribution in [3.05, 3.63) is 105 Å². The fraction of sp³-hybridized carbons (Fsp3) is 0.364. The lowest BCUT2D eigenvalue weighted by Gasteiger charge is -2.39. The van der Waals surface area contributed by atoms with E-state index < -0.39 is 30.3 Å². The van der Waals surface area contributed by atoms with Crippen LogP contribution in [0.15, 0.2) is 60.7 Å². The number of carboxylic acid groups (broad SMARTS) is 1. The maximum Gasteiger partial charge on any atom is 0.416 e. The van der Waals surface area contributed by atoms with Gasteiger partial charge in [-0.3, -0.25) is 0 Å². The van der Waals surface area contributed by atoms with Crippen LogP contribution in [0.25, 0.3) is 11.1 Å². The molecule has 3 nitrogen and oxygen atoms in total. The lowest BCUT2D eigenvalue weighted by molar-refractivity contribution is -0.141. The van der Waals surface area contributed by atoms with Crippen LogP contribution in [-0.4, -0.2) is 41.8 Å². The molecular weight excluding hydrogens is 556 g/mol. The highest BCUT2D eigenvalue weighted by molar-refractivity contribution is 6.01. The maximum atomic E-state index is 13.8. The van der Waals surface area contributed by atoms with E-state index in [1.165, 1.54) is 19.1 Å². The molecule has 0 radical (unpaired) electrons. The van der Waals surface area contributed by atoms with Crippen molar-refractivity contribution in [1.82, 2.24) is 4.90 Å². The smallest absolute Gasteiger partial charge is 0.416 e. The molecule has 3 aromatic rings. The molecule has 1 aliphatic carbocycles. The standard InChI is InChI=1S/C33H31F6NO2/c1-20-26(5-3-7-29(20)33(37,38)39)28-6-2-4-24-17-25(31(41)42)12-13-27(24)30(28)23-10-8-21(9-11-23)16-22-18-40(19-22)15-14-32(34,35)36/h3,5,7-13,17,22H,2,4,6,14-16,18-19H2,1H3,(H,41,42). The Kier molecular flexibility index (Phi) is 8.25. The Labute approximate surface area is 240 Å². The number of rotatable bonds is 7. The third-order valence-corrected chi connectivity index (χ3v) is 8.27. The number of alkyl halides is 6. The molecule has 2 aliphatic rings. The van der Waals surface area contributed by atoms with Gasteiger partial charge in [0.15, 0.2) is 0 Å². The first-order valence-electron chi connectivity index (χ1n) is 14.0.